The van der Waals surface area contributed by atoms with Gasteiger partial charge in [-0.05, 0) is 32.9 Å². The lowest BCUT2D eigenvalue weighted by Crippen LogP contribution is -2.31. The van der Waals surface area contributed by atoms with Crippen LogP contribution in [-0.4, -0.2) is 29.5 Å². The molecule has 0 aliphatic rings. The van der Waals surface area contributed by atoms with E-state index in [1.54, 1.807) is 6.92 Å². The Morgan fingerprint density at radius 3 is 2.80 bits per heavy atom. The maximum absolute atomic E-state index is 13.2. The molecule has 1 amide bonds. The molecule has 2 N–H and O–H groups in total. The molecular weight excluding hydrogens is 263 g/mol. The van der Waals surface area contributed by atoms with Crippen LogP contribution in [0.1, 0.15) is 32.8 Å². The molecule has 1 rings (SSSR count). The molecule has 1 aromatic rings. The van der Waals surface area contributed by atoms with Crippen LogP contribution >= 0.6 is 0 Å². The van der Waals surface area contributed by atoms with E-state index in [9.17, 15) is 9.18 Å². The number of nitrogens with one attached hydrogen (secondary N) is 1. The summed E-state index contributed by atoms with van der Waals surface area (Å²) in [6.07, 6.45) is 0.170. The molecule has 1 aromatic carbocycles. The monoisotopic (exact) mass is 282 g/mol. The Kier molecular flexibility index (Phi) is 5.96. The van der Waals surface area contributed by atoms with Gasteiger partial charge in [-0.15, -0.1) is 0 Å². The van der Waals surface area contributed by atoms with Crippen molar-refractivity contribution >= 4 is 11.6 Å². The maximum atomic E-state index is 13.2. The molecule has 0 unspecified atom stereocenters. The van der Waals surface area contributed by atoms with Crippen LogP contribution in [0.5, 0.6) is 5.75 Å². The molecule has 0 bridgehead atoms. The van der Waals surface area contributed by atoms with Gasteiger partial charge in [0.1, 0.15) is 11.6 Å². The van der Waals surface area contributed by atoms with Crippen LogP contribution in [0.15, 0.2) is 23.4 Å². The van der Waals surface area contributed by atoms with Gasteiger partial charge < -0.3 is 15.3 Å². The lowest BCUT2D eigenvalue weighted by molar-refractivity contribution is -0.122. The highest BCUT2D eigenvalue weighted by molar-refractivity contribution is 6.00. The van der Waals surface area contributed by atoms with Crippen molar-refractivity contribution in [1.82, 2.24) is 5.32 Å². The van der Waals surface area contributed by atoms with Gasteiger partial charge in [0, 0.05) is 17.7 Å². The average molecular weight is 282 g/mol. The van der Waals surface area contributed by atoms with Crippen molar-refractivity contribution in [2.45, 2.75) is 33.2 Å². The number of oxime groups is 1. The fraction of sp³-hybridized carbons (Fsp3) is 0.429. The van der Waals surface area contributed by atoms with Gasteiger partial charge in [0.2, 0.25) is 5.91 Å². The molecule has 0 saturated carbocycles. The molecule has 5 nitrogen and oxygen atoms in total. The van der Waals surface area contributed by atoms with E-state index in [1.165, 1.54) is 18.2 Å². The second-order valence-electron chi connectivity index (χ2n) is 4.65. The van der Waals surface area contributed by atoms with Gasteiger partial charge in [-0.1, -0.05) is 5.16 Å². The Labute approximate surface area is 117 Å². The van der Waals surface area contributed by atoms with Crippen molar-refractivity contribution in [3.05, 3.63) is 29.6 Å². The molecule has 0 fully saturated rings. The Balaban J connectivity index is 2.67. The number of benzene rings is 1. The number of hydrogen-bond donors (Lipinski definition) is 2. The number of amides is 1. The van der Waals surface area contributed by atoms with Crippen molar-refractivity contribution in [3.63, 3.8) is 0 Å². The summed E-state index contributed by atoms with van der Waals surface area (Å²) in [6, 6.07) is 3.98. The predicted molar refractivity (Wildman–Crippen MR) is 73.8 cm³/mol. The molecule has 0 heterocycles. The molecule has 110 valence electrons. The molecule has 0 aliphatic heterocycles. The summed E-state index contributed by atoms with van der Waals surface area (Å²) < 4.78 is 18.6. The summed E-state index contributed by atoms with van der Waals surface area (Å²) in [5.74, 6) is -0.343. The molecule has 6 heteroatoms. The van der Waals surface area contributed by atoms with Gasteiger partial charge in [0.25, 0.3) is 0 Å². The van der Waals surface area contributed by atoms with Crippen LogP contribution in [0.2, 0.25) is 0 Å². The van der Waals surface area contributed by atoms with Gasteiger partial charge in [0.15, 0.2) is 0 Å². The topological polar surface area (TPSA) is 70.9 Å². The van der Waals surface area contributed by atoms with E-state index < -0.39 is 5.82 Å². The smallest absolute Gasteiger partial charge is 0.223 e. The molecule has 0 spiro atoms. The van der Waals surface area contributed by atoms with Gasteiger partial charge in [-0.2, -0.15) is 0 Å². The van der Waals surface area contributed by atoms with Crippen LogP contribution in [-0.2, 0) is 4.79 Å². The van der Waals surface area contributed by atoms with Crippen molar-refractivity contribution in [2.24, 2.45) is 5.16 Å². The van der Waals surface area contributed by atoms with Crippen LogP contribution < -0.4 is 10.1 Å². The zero-order chi connectivity index (χ0) is 15.1. The number of hydrogen-bond acceptors (Lipinski definition) is 4. The highest BCUT2D eigenvalue weighted by Gasteiger charge is 2.10. The largest absolute Gasteiger partial charge is 0.492 e. The first-order chi connectivity index (χ1) is 9.43. The number of ether oxygens (including phenoxy) is 1. The second-order valence-corrected chi connectivity index (χ2v) is 4.65. The van der Waals surface area contributed by atoms with Crippen LogP contribution in [0, 0.1) is 5.82 Å². The van der Waals surface area contributed by atoms with Crippen molar-refractivity contribution in [2.75, 3.05) is 6.61 Å². The van der Waals surface area contributed by atoms with Gasteiger partial charge in [0.05, 0.1) is 18.7 Å². The lowest BCUT2D eigenvalue weighted by atomic mass is 10.1. The third-order valence-corrected chi connectivity index (χ3v) is 2.52. The molecule has 0 aliphatic carbocycles. The van der Waals surface area contributed by atoms with E-state index in [-0.39, 0.29) is 30.7 Å². The minimum absolute atomic E-state index is 0.0657. The SMILES string of the molecule is CC(=NO)c1ccc(F)cc1OCCC(=O)NC(C)C. The molecular formula is C14H19FN2O3. The number of halogens is 1. The molecule has 0 radical (unpaired) electrons. The Hall–Kier alpha value is -2.11. The third kappa shape index (κ3) is 4.87. The van der Waals surface area contributed by atoms with Gasteiger partial charge >= 0.3 is 0 Å². The van der Waals surface area contributed by atoms with E-state index in [4.69, 9.17) is 9.94 Å². The molecule has 0 saturated heterocycles. The highest BCUT2D eigenvalue weighted by atomic mass is 19.1. The summed E-state index contributed by atoms with van der Waals surface area (Å²) in [6.45, 7) is 5.42. The lowest BCUT2D eigenvalue weighted by Gasteiger charge is -2.12. The Morgan fingerprint density at radius 2 is 2.20 bits per heavy atom. The summed E-state index contributed by atoms with van der Waals surface area (Å²) >= 11 is 0. The Bertz CT molecular complexity index is 501. The quantitative estimate of drug-likeness (QED) is 0.478. The second kappa shape index (κ2) is 7.47. The fourth-order valence-corrected chi connectivity index (χ4v) is 1.62. The van der Waals surface area contributed by atoms with Crippen LogP contribution in [0.25, 0.3) is 0 Å². The van der Waals surface area contributed by atoms with E-state index in [1.807, 2.05) is 13.8 Å². The summed E-state index contributed by atoms with van der Waals surface area (Å²) in [7, 11) is 0. The van der Waals surface area contributed by atoms with E-state index in [0.29, 0.717) is 11.3 Å². The van der Waals surface area contributed by atoms with Gasteiger partial charge in [-0.3, -0.25) is 4.79 Å². The Morgan fingerprint density at radius 1 is 1.50 bits per heavy atom. The van der Waals surface area contributed by atoms with Gasteiger partial charge in [-0.25, -0.2) is 4.39 Å². The average Bonchev–Trinajstić information content (AvgIpc) is 2.37. The van der Waals surface area contributed by atoms with Crippen LogP contribution in [0.4, 0.5) is 4.39 Å². The summed E-state index contributed by atoms with van der Waals surface area (Å²) in [4.78, 5) is 11.5. The van der Waals surface area contributed by atoms with Crippen molar-refractivity contribution in [1.29, 1.82) is 0 Å². The van der Waals surface area contributed by atoms with E-state index in [0.717, 1.165) is 0 Å². The minimum Gasteiger partial charge on any atom is -0.492 e. The fourth-order valence-electron chi connectivity index (χ4n) is 1.62. The number of rotatable bonds is 6. The van der Waals surface area contributed by atoms with E-state index >= 15 is 0 Å². The van der Waals surface area contributed by atoms with Crippen LogP contribution in [0.3, 0.4) is 0 Å². The summed E-state index contributed by atoms with van der Waals surface area (Å²) in [5, 5.41) is 14.6. The standard InChI is InChI=1S/C14H19FN2O3/c1-9(2)16-14(18)6-7-20-13-8-11(15)4-5-12(13)10(3)17-19/h4-5,8-9,19H,6-7H2,1-3H3,(H,16,18). The van der Waals surface area contributed by atoms with E-state index in [2.05, 4.69) is 10.5 Å². The molecule has 20 heavy (non-hydrogen) atoms. The normalized spacial score (nSPS) is 11.6. The minimum atomic E-state index is -0.457. The molecule has 0 atom stereocenters. The third-order valence-electron chi connectivity index (χ3n) is 2.52. The maximum Gasteiger partial charge on any atom is 0.223 e. The highest BCUT2D eigenvalue weighted by Crippen LogP contribution is 2.21. The zero-order valence-electron chi connectivity index (χ0n) is 11.8. The number of carbonyl (C=O) groups excluding carboxylic acids is 1. The number of nitrogens with zero attached hydrogens (tertiary/aromatic N) is 1. The first kappa shape index (κ1) is 15.9. The first-order valence-corrected chi connectivity index (χ1v) is 6.34. The first-order valence-electron chi connectivity index (χ1n) is 6.34. The predicted octanol–water partition coefficient (Wildman–Crippen LogP) is 2.32. The van der Waals surface area contributed by atoms with Crippen molar-refractivity contribution in [3.8, 4) is 5.75 Å². The number of carbonyl (C=O) groups is 1. The zero-order valence-corrected chi connectivity index (χ0v) is 11.8. The van der Waals surface area contributed by atoms with Crippen molar-refractivity contribution < 1.29 is 19.1 Å². The molecule has 0 aromatic heterocycles. The summed E-state index contributed by atoms with van der Waals surface area (Å²) in [5.41, 5.74) is 0.796.